The van der Waals surface area contributed by atoms with Gasteiger partial charge in [0.2, 0.25) is 0 Å². The molecule has 0 unspecified atom stereocenters. The average molecular weight is 88.1 g/mol. The second-order valence-electron chi connectivity index (χ2n) is 1.07. The molecule has 0 saturated heterocycles. The third-order valence-electron chi connectivity index (χ3n) is 0.483. The number of aliphatic hydroxyl groups is 2. The normalized spacial score (nSPS) is 14.5. The zero-order chi connectivity index (χ0) is 4.99. The minimum atomic E-state index is -0.731. The minimum Gasteiger partial charge on any atom is -0.394 e. The van der Waals surface area contributed by atoms with Crippen molar-refractivity contribution in [2.45, 2.75) is 12.5 Å². The van der Waals surface area contributed by atoms with E-state index in [1.807, 2.05) is 0 Å². The molecule has 0 amide bonds. The van der Waals surface area contributed by atoms with Crippen LogP contribution in [0, 0.1) is 6.92 Å². The summed E-state index contributed by atoms with van der Waals surface area (Å²) in [4.78, 5) is 0. The topological polar surface area (TPSA) is 40.5 Å². The summed E-state index contributed by atoms with van der Waals surface area (Å²) >= 11 is 0. The molecule has 0 aromatic heterocycles. The third-order valence-corrected chi connectivity index (χ3v) is 0.483. The molecule has 0 saturated carbocycles. The molecule has 2 heteroatoms. The lowest BCUT2D eigenvalue weighted by Gasteiger charge is -1.97. The van der Waals surface area contributed by atoms with E-state index in [1.54, 1.807) is 0 Å². The van der Waals surface area contributed by atoms with Crippen LogP contribution in [0.3, 0.4) is 0 Å². The van der Waals surface area contributed by atoms with E-state index in [-0.39, 0.29) is 13.0 Å². The van der Waals surface area contributed by atoms with Gasteiger partial charge in [0, 0.05) is 0 Å². The Hall–Kier alpha value is -0.0800. The Morgan fingerprint density at radius 1 is 1.67 bits per heavy atom. The van der Waals surface area contributed by atoms with Crippen LogP contribution in [0.2, 0.25) is 0 Å². The van der Waals surface area contributed by atoms with Crippen molar-refractivity contribution in [1.29, 1.82) is 0 Å². The van der Waals surface area contributed by atoms with Crippen molar-refractivity contribution in [3.05, 3.63) is 6.92 Å². The largest absolute Gasteiger partial charge is 0.394 e. The van der Waals surface area contributed by atoms with Crippen molar-refractivity contribution < 1.29 is 10.2 Å². The molecule has 2 radical (unpaired) electrons. The molecule has 6 heavy (non-hydrogen) atoms. The van der Waals surface area contributed by atoms with Gasteiger partial charge >= 0.3 is 0 Å². The van der Waals surface area contributed by atoms with Crippen LogP contribution in [-0.4, -0.2) is 22.9 Å². The maximum Gasteiger partial charge on any atom is 0.0773 e. The zero-order valence-electron chi connectivity index (χ0n) is 3.46. The summed E-state index contributed by atoms with van der Waals surface area (Å²) in [7, 11) is 0. The van der Waals surface area contributed by atoms with Crippen molar-refractivity contribution in [3.63, 3.8) is 0 Å². The Labute approximate surface area is 37.4 Å². The summed E-state index contributed by atoms with van der Waals surface area (Å²) in [5.74, 6) is 0. The molecule has 0 bridgehead atoms. The lowest BCUT2D eigenvalue weighted by Crippen LogP contribution is -2.08. The molecule has 0 aliphatic carbocycles. The van der Waals surface area contributed by atoms with Crippen LogP contribution in [0.4, 0.5) is 0 Å². The Kier molecular flexibility index (Phi) is 3.08. The van der Waals surface area contributed by atoms with Gasteiger partial charge in [0.25, 0.3) is 0 Å². The van der Waals surface area contributed by atoms with Crippen LogP contribution in [0.25, 0.3) is 0 Å². The summed E-state index contributed by atoms with van der Waals surface area (Å²) in [5, 5.41) is 16.3. The van der Waals surface area contributed by atoms with E-state index in [0.717, 1.165) is 0 Å². The summed E-state index contributed by atoms with van der Waals surface area (Å²) in [6.45, 7) is 4.63. The van der Waals surface area contributed by atoms with Gasteiger partial charge in [-0.3, -0.25) is 0 Å². The number of hydrogen-bond donors (Lipinski definition) is 2. The van der Waals surface area contributed by atoms with Gasteiger partial charge in [-0.15, -0.1) is 0 Å². The lowest BCUT2D eigenvalue weighted by molar-refractivity contribution is 0.0971. The molecule has 0 aliphatic rings. The van der Waals surface area contributed by atoms with Gasteiger partial charge in [0.1, 0.15) is 0 Å². The lowest BCUT2D eigenvalue weighted by atomic mass is 10.3. The smallest absolute Gasteiger partial charge is 0.0773 e. The predicted molar refractivity (Wildman–Crippen MR) is 22.0 cm³/mol. The predicted octanol–water partition coefficient (Wildman–Crippen LogP) is -0.559. The van der Waals surface area contributed by atoms with E-state index in [9.17, 15) is 0 Å². The van der Waals surface area contributed by atoms with Crippen LogP contribution < -0.4 is 0 Å². The first kappa shape index (κ1) is 5.92. The minimum absolute atomic E-state index is 0.135. The van der Waals surface area contributed by atoms with Gasteiger partial charge in [0.05, 0.1) is 12.7 Å². The molecule has 0 fully saturated rings. The van der Waals surface area contributed by atoms with Crippen LogP contribution in [0.15, 0.2) is 0 Å². The first-order chi connectivity index (χ1) is 2.81. The maximum absolute atomic E-state index is 8.29. The molecule has 0 aliphatic heterocycles. The Morgan fingerprint density at radius 3 is 2.17 bits per heavy atom. The van der Waals surface area contributed by atoms with E-state index in [1.165, 1.54) is 0 Å². The van der Waals surface area contributed by atoms with E-state index in [4.69, 9.17) is 17.1 Å². The van der Waals surface area contributed by atoms with Crippen molar-refractivity contribution >= 4 is 0 Å². The molecule has 0 aromatic rings. The van der Waals surface area contributed by atoms with Crippen LogP contribution >= 0.6 is 0 Å². The fourth-order valence-electron chi connectivity index (χ4n) is 0.0745. The van der Waals surface area contributed by atoms with Crippen LogP contribution in [0.5, 0.6) is 0 Å². The van der Waals surface area contributed by atoms with E-state index >= 15 is 0 Å². The Bertz CT molecular complexity index is 24.7. The first-order valence-corrected chi connectivity index (χ1v) is 1.80. The molecule has 1 atom stereocenters. The SMILES string of the molecule is [CH]C[C@@H](O)CO. The zero-order valence-corrected chi connectivity index (χ0v) is 3.46. The van der Waals surface area contributed by atoms with Crippen molar-refractivity contribution in [3.8, 4) is 0 Å². The number of hydrogen-bond acceptors (Lipinski definition) is 2. The van der Waals surface area contributed by atoms with Crippen molar-refractivity contribution in [1.82, 2.24) is 0 Å². The maximum atomic E-state index is 8.29. The van der Waals surface area contributed by atoms with Gasteiger partial charge in [-0.1, -0.05) is 0 Å². The van der Waals surface area contributed by atoms with E-state index in [0.29, 0.717) is 0 Å². The van der Waals surface area contributed by atoms with Gasteiger partial charge in [-0.05, 0) is 13.3 Å². The van der Waals surface area contributed by atoms with Crippen LogP contribution in [-0.2, 0) is 0 Å². The average Bonchev–Trinajstić information content (AvgIpc) is 1.65. The van der Waals surface area contributed by atoms with Crippen LogP contribution in [0.1, 0.15) is 6.42 Å². The highest BCUT2D eigenvalue weighted by atomic mass is 16.3. The summed E-state index contributed by atoms with van der Waals surface area (Å²) in [6.07, 6.45) is -0.596. The second-order valence-corrected chi connectivity index (χ2v) is 1.07. The fraction of sp³-hybridized carbons (Fsp3) is 0.750. The molecule has 0 heterocycles. The first-order valence-electron chi connectivity index (χ1n) is 1.80. The summed E-state index contributed by atoms with van der Waals surface area (Å²) < 4.78 is 0. The van der Waals surface area contributed by atoms with Gasteiger partial charge in [0.15, 0.2) is 0 Å². The van der Waals surface area contributed by atoms with Gasteiger partial charge < -0.3 is 10.2 Å². The van der Waals surface area contributed by atoms with Crippen molar-refractivity contribution in [2.75, 3.05) is 6.61 Å². The molecular formula is C4H8O2. The highest BCUT2D eigenvalue weighted by Gasteiger charge is 1.92. The fourth-order valence-corrected chi connectivity index (χ4v) is 0.0745. The molecule has 0 aromatic carbocycles. The number of aliphatic hydroxyl groups excluding tert-OH is 2. The highest BCUT2D eigenvalue weighted by Crippen LogP contribution is 1.82. The standard InChI is InChI=1S/C4H8O2/c1-2-4(6)3-5/h1,4-6H,2-3H2/t4-/m1/s1. The van der Waals surface area contributed by atoms with E-state index < -0.39 is 6.10 Å². The highest BCUT2D eigenvalue weighted by molar-refractivity contribution is 4.51. The quantitative estimate of drug-likeness (QED) is 0.475. The van der Waals surface area contributed by atoms with Gasteiger partial charge in [-0.2, -0.15) is 0 Å². The van der Waals surface area contributed by atoms with Gasteiger partial charge in [-0.25, -0.2) is 0 Å². The monoisotopic (exact) mass is 88.1 g/mol. The summed E-state index contributed by atoms with van der Waals surface area (Å²) in [5.41, 5.74) is 0. The molecule has 36 valence electrons. The molecule has 0 spiro atoms. The Balaban J connectivity index is 2.75. The second kappa shape index (κ2) is 3.12. The van der Waals surface area contributed by atoms with Crippen molar-refractivity contribution in [2.24, 2.45) is 0 Å². The molecule has 2 N–H and O–H groups in total. The molecule has 2 nitrogen and oxygen atoms in total. The molecular weight excluding hydrogens is 80.0 g/mol. The number of rotatable bonds is 2. The van der Waals surface area contributed by atoms with E-state index in [2.05, 4.69) is 0 Å². The summed E-state index contributed by atoms with van der Waals surface area (Å²) in [6, 6.07) is 0. The third kappa shape index (κ3) is 2.18. The molecule has 0 rings (SSSR count). The Morgan fingerprint density at radius 2 is 2.17 bits per heavy atom.